The molecular weight excluding hydrogens is 407 g/mol. The van der Waals surface area contributed by atoms with Gasteiger partial charge in [-0.15, -0.1) is 0 Å². The lowest BCUT2D eigenvalue weighted by atomic mass is 9.74. The zero-order chi connectivity index (χ0) is 20.2. The second kappa shape index (κ2) is 6.76. The van der Waals surface area contributed by atoms with Gasteiger partial charge in [-0.25, -0.2) is 0 Å². The molecule has 2 N–H and O–H groups in total. The molecule has 4 unspecified atom stereocenters. The van der Waals surface area contributed by atoms with Crippen LogP contribution in [0.2, 0.25) is 10.0 Å². The second-order valence-corrected chi connectivity index (χ2v) is 8.04. The Kier molecular flexibility index (Phi) is 4.64. The number of nitrogens with one attached hydrogen (secondary N) is 1. The second-order valence-electron chi connectivity index (χ2n) is 7.19. The summed E-state index contributed by atoms with van der Waals surface area (Å²) in [5.41, 5.74) is -0.743. The summed E-state index contributed by atoms with van der Waals surface area (Å²) in [6.07, 6.45) is 2.69. The molecule has 1 spiro atoms. The molecule has 1 aromatic rings. The maximum Gasteiger partial charge on any atom is 0.313 e. The van der Waals surface area contributed by atoms with Crippen molar-refractivity contribution >= 4 is 46.7 Å². The smallest absolute Gasteiger partial charge is 0.313 e. The molecule has 2 saturated heterocycles. The molecule has 0 saturated carbocycles. The van der Waals surface area contributed by atoms with Gasteiger partial charge in [0.15, 0.2) is 0 Å². The fourth-order valence-corrected chi connectivity index (χ4v) is 5.59. The van der Waals surface area contributed by atoms with Crippen molar-refractivity contribution in [1.29, 1.82) is 0 Å². The molecule has 0 aliphatic carbocycles. The van der Waals surface area contributed by atoms with Gasteiger partial charge in [-0.2, -0.15) is 0 Å². The Hall–Kier alpha value is -2.09. The van der Waals surface area contributed by atoms with Crippen LogP contribution < -0.4 is 5.32 Å². The molecule has 28 heavy (non-hydrogen) atoms. The number of esters is 1. The van der Waals surface area contributed by atoms with Crippen LogP contribution in [-0.4, -0.2) is 47.0 Å². The van der Waals surface area contributed by atoms with Crippen molar-refractivity contribution in [3.8, 4) is 0 Å². The summed E-state index contributed by atoms with van der Waals surface area (Å²) in [4.78, 5) is 40.4. The van der Waals surface area contributed by atoms with Gasteiger partial charge in [-0.1, -0.05) is 35.9 Å². The Labute approximate surface area is 171 Å². The highest BCUT2D eigenvalue weighted by Gasteiger charge is 2.71. The van der Waals surface area contributed by atoms with Crippen molar-refractivity contribution in [1.82, 2.24) is 4.90 Å². The summed E-state index contributed by atoms with van der Waals surface area (Å²) in [5.74, 6) is -4.69. The van der Waals surface area contributed by atoms with Gasteiger partial charge < -0.3 is 15.2 Å². The standard InChI is InChI=1S/C19H18Cl2N2O5/c1-2-6-28-17(26)14-13(16(24)25)12-4-3-5-23(12)19(14)10-7-9(20)8-11(21)15(10)22-18(19)27/h2,7-8,12-14H,1,3-6H2,(H,22,27)(H,24,25). The fourth-order valence-electron chi connectivity index (χ4n) is 5.05. The first-order valence-corrected chi connectivity index (χ1v) is 9.67. The molecule has 3 aliphatic heterocycles. The van der Waals surface area contributed by atoms with E-state index in [-0.39, 0.29) is 11.6 Å². The molecule has 4 rings (SSSR count). The lowest BCUT2D eigenvalue weighted by Gasteiger charge is -2.36. The van der Waals surface area contributed by atoms with E-state index in [9.17, 15) is 19.5 Å². The summed E-state index contributed by atoms with van der Waals surface area (Å²) in [5, 5.41) is 13.2. The molecule has 3 heterocycles. The number of nitrogens with zero attached hydrogens (tertiary/aromatic N) is 1. The van der Waals surface area contributed by atoms with E-state index in [1.54, 1.807) is 6.07 Å². The number of halogens is 2. The number of carboxylic acids is 1. The van der Waals surface area contributed by atoms with Crippen molar-refractivity contribution in [2.24, 2.45) is 11.8 Å². The van der Waals surface area contributed by atoms with Crippen LogP contribution in [0.25, 0.3) is 0 Å². The van der Waals surface area contributed by atoms with Crippen LogP contribution in [0.1, 0.15) is 18.4 Å². The van der Waals surface area contributed by atoms with E-state index < -0.39 is 41.3 Å². The number of carboxylic acid groups (broad SMARTS) is 1. The Morgan fingerprint density at radius 2 is 2.18 bits per heavy atom. The van der Waals surface area contributed by atoms with E-state index in [1.165, 1.54) is 12.1 Å². The van der Waals surface area contributed by atoms with Crippen LogP contribution in [0.4, 0.5) is 5.69 Å². The number of benzene rings is 1. The average molecular weight is 425 g/mol. The molecule has 7 nitrogen and oxygen atoms in total. The molecule has 0 aromatic heterocycles. The highest BCUT2D eigenvalue weighted by Crippen LogP contribution is 2.59. The number of ether oxygens (including phenoxy) is 1. The third kappa shape index (κ3) is 2.43. The van der Waals surface area contributed by atoms with Gasteiger partial charge in [0.2, 0.25) is 0 Å². The summed E-state index contributed by atoms with van der Waals surface area (Å²) >= 11 is 12.5. The van der Waals surface area contributed by atoms with Crippen molar-refractivity contribution in [3.05, 3.63) is 40.4 Å². The zero-order valence-electron chi connectivity index (χ0n) is 14.8. The largest absolute Gasteiger partial charge is 0.481 e. The third-order valence-electron chi connectivity index (χ3n) is 5.91. The minimum atomic E-state index is -1.52. The molecule has 2 fully saturated rings. The van der Waals surface area contributed by atoms with Crippen molar-refractivity contribution in [3.63, 3.8) is 0 Å². The molecule has 9 heteroatoms. The summed E-state index contributed by atoms with van der Waals surface area (Å²) in [7, 11) is 0. The average Bonchev–Trinajstić information content (AvgIpc) is 3.27. The van der Waals surface area contributed by atoms with Crippen LogP contribution in [0.5, 0.6) is 0 Å². The molecule has 1 aromatic carbocycles. The van der Waals surface area contributed by atoms with E-state index in [0.717, 1.165) is 6.42 Å². The predicted octanol–water partition coefficient (Wildman–Crippen LogP) is 2.67. The highest BCUT2D eigenvalue weighted by atomic mass is 35.5. The molecule has 0 radical (unpaired) electrons. The lowest BCUT2D eigenvalue weighted by Crippen LogP contribution is -2.53. The Morgan fingerprint density at radius 1 is 1.43 bits per heavy atom. The first-order valence-electron chi connectivity index (χ1n) is 8.92. The zero-order valence-corrected chi connectivity index (χ0v) is 16.3. The number of carbonyl (C=O) groups is 3. The van der Waals surface area contributed by atoms with Crippen LogP contribution in [0.3, 0.4) is 0 Å². The third-order valence-corrected chi connectivity index (χ3v) is 6.43. The van der Waals surface area contributed by atoms with E-state index in [2.05, 4.69) is 11.9 Å². The molecule has 4 atom stereocenters. The van der Waals surface area contributed by atoms with Gasteiger partial charge in [0.05, 0.1) is 16.6 Å². The number of hydrogen-bond donors (Lipinski definition) is 2. The topological polar surface area (TPSA) is 95.9 Å². The van der Waals surface area contributed by atoms with Gasteiger partial charge in [0.25, 0.3) is 5.91 Å². The van der Waals surface area contributed by atoms with Crippen LogP contribution in [0.15, 0.2) is 24.8 Å². The number of carbonyl (C=O) groups excluding carboxylic acids is 2. The number of fused-ring (bicyclic) bond motifs is 4. The van der Waals surface area contributed by atoms with E-state index in [1.807, 2.05) is 4.90 Å². The maximum absolute atomic E-state index is 13.3. The molecule has 0 bridgehead atoms. The molecule has 1 amide bonds. The predicted molar refractivity (Wildman–Crippen MR) is 102 cm³/mol. The molecule has 3 aliphatic rings. The molecule has 148 valence electrons. The SMILES string of the molecule is C=CCOC(=O)C1C(C(=O)O)C2CCCN2C12C(=O)Nc1c(Cl)cc(Cl)cc12. The number of rotatable bonds is 4. The van der Waals surface area contributed by atoms with Gasteiger partial charge in [-0.3, -0.25) is 19.3 Å². The number of aliphatic carboxylic acids is 1. The van der Waals surface area contributed by atoms with Gasteiger partial charge in [0.1, 0.15) is 18.1 Å². The Bertz CT molecular complexity index is 905. The number of amides is 1. The summed E-state index contributed by atoms with van der Waals surface area (Å²) in [6, 6.07) is 2.61. The van der Waals surface area contributed by atoms with Gasteiger partial charge >= 0.3 is 11.9 Å². The highest BCUT2D eigenvalue weighted by molar-refractivity contribution is 6.38. The van der Waals surface area contributed by atoms with Crippen LogP contribution in [0, 0.1) is 11.8 Å². The van der Waals surface area contributed by atoms with Gasteiger partial charge in [-0.05, 0) is 31.5 Å². The van der Waals surface area contributed by atoms with Crippen molar-refractivity contribution < 1.29 is 24.2 Å². The maximum atomic E-state index is 13.3. The minimum Gasteiger partial charge on any atom is -0.481 e. The quantitative estimate of drug-likeness (QED) is 0.569. The van der Waals surface area contributed by atoms with Crippen molar-refractivity contribution in [2.45, 2.75) is 24.4 Å². The van der Waals surface area contributed by atoms with Crippen LogP contribution in [-0.2, 0) is 24.7 Å². The van der Waals surface area contributed by atoms with Gasteiger partial charge in [0, 0.05) is 16.6 Å². The Morgan fingerprint density at radius 3 is 2.86 bits per heavy atom. The van der Waals surface area contributed by atoms with E-state index in [4.69, 9.17) is 27.9 Å². The van der Waals surface area contributed by atoms with Crippen LogP contribution >= 0.6 is 23.2 Å². The summed E-state index contributed by atoms with van der Waals surface area (Å²) < 4.78 is 5.24. The normalized spacial score (nSPS) is 30.8. The minimum absolute atomic E-state index is 0.0762. The molecular formula is C19H18Cl2N2O5. The lowest BCUT2D eigenvalue weighted by molar-refractivity contribution is -0.160. The van der Waals surface area contributed by atoms with Crippen molar-refractivity contribution in [2.75, 3.05) is 18.5 Å². The van der Waals surface area contributed by atoms with E-state index >= 15 is 0 Å². The Balaban J connectivity index is 1.97. The monoisotopic (exact) mass is 424 g/mol. The summed E-state index contributed by atoms with van der Waals surface area (Å²) in [6.45, 7) is 3.92. The first-order chi connectivity index (χ1) is 13.3. The number of anilines is 1. The fraction of sp³-hybridized carbons (Fsp3) is 0.421. The number of hydrogen-bond acceptors (Lipinski definition) is 5. The van der Waals surface area contributed by atoms with E-state index in [0.29, 0.717) is 29.2 Å². The first kappa shape index (κ1) is 19.2.